The number of fused-ring (bicyclic) bond motifs is 1. The van der Waals surface area contributed by atoms with Crippen molar-refractivity contribution in [3.63, 3.8) is 0 Å². The summed E-state index contributed by atoms with van der Waals surface area (Å²) < 4.78 is 31.6. The largest absolute Gasteiger partial charge is 0.459 e. The van der Waals surface area contributed by atoms with Crippen molar-refractivity contribution in [1.82, 2.24) is 9.78 Å². The second-order valence-corrected chi connectivity index (χ2v) is 7.82. The van der Waals surface area contributed by atoms with Crippen molar-refractivity contribution in [3.05, 3.63) is 33.5 Å². The maximum absolute atomic E-state index is 12.9. The van der Waals surface area contributed by atoms with Crippen LogP contribution >= 0.6 is 11.3 Å². The van der Waals surface area contributed by atoms with E-state index < -0.39 is 18.4 Å². The van der Waals surface area contributed by atoms with E-state index in [0.29, 0.717) is 15.2 Å². The number of ether oxygens (including phenoxy) is 1. The van der Waals surface area contributed by atoms with Gasteiger partial charge in [-0.25, -0.2) is 9.48 Å². The zero-order chi connectivity index (χ0) is 19.7. The van der Waals surface area contributed by atoms with Crippen LogP contribution in [-0.4, -0.2) is 27.8 Å². The van der Waals surface area contributed by atoms with E-state index in [2.05, 4.69) is 10.4 Å². The maximum atomic E-state index is 12.9. The molecule has 0 atom stereocenters. The van der Waals surface area contributed by atoms with Crippen LogP contribution in [0.15, 0.2) is 6.07 Å². The number of nitrogens with zero attached hydrogens (tertiary/aromatic N) is 2. The Hall–Kier alpha value is -2.29. The number of carbonyl (C=O) groups excluding carboxylic acids is 2. The van der Waals surface area contributed by atoms with Crippen LogP contribution in [0.5, 0.6) is 0 Å². The zero-order valence-corrected chi connectivity index (χ0v) is 16.2. The molecule has 9 heteroatoms. The van der Waals surface area contributed by atoms with Crippen LogP contribution in [0.3, 0.4) is 0 Å². The second-order valence-electron chi connectivity index (χ2n) is 6.72. The van der Waals surface area contributed by atoms with Gasteiger partial charge in [-0.05, 0) is 58.1 Å². The Morgan fingerprint density at radius 3 is 2.63 bits per heavy atom. The molecule has 0 saturated carbocycles. The summed E-state index contributed by atoms with van der Waals surface area (Å²) >= 11 is 1.34. The first-order valence-electron chi connectivity index (χ1n) is 8.79. The van der Waals surface area contributed by atoms with Crippen LogP contribution in [0.2, 0.25) is 0 Å². The van der Waals surface area contributed by atoms with Crippen LogP contribution in [-0.2, 0) is 17.6 Å². The van der Waals surface area contributed by atoms with Crippen LogP contribution in [0.25, 0.3) is 0 Å². The fourth-order valence-electron chi connectivity index (χ4n) is 3.11. The quantitative estimate of drug-likeness (QED) is 0.762. The van der Waals surface area contributed by atoms with Gasteiger partial charge < -0.3 is 10.1 Å². The highest BCUT2D eigenvalue weighted by Crippen LogP contribution is 2.39. The van der Waals surface area contributed by atoms with E-state index >= 15 is 0 Å². The molecule has 0 fully saturated rings. The van der Waals surface area contributed by atoms with Crippen molar-refractivity contribution < 1.29 is 23.1 Å². The molecular weight excluding hydrogens is 376 g/mol. The zero-order valence-electron chi connectivity index (χ0n) is 15.3. The predicted molar refractivity (Wildman–Crippen MR) is 97.7 cm³/mol. The number of hydrogen-bond acceptors (Lipinski definition) is 5. The number of rotatable bonds is 5. The Bertz CT molecular complexity index is 874. The summed E-state index contributed by atoms with van der Waals surface area (Å²) in [6, 6.07) is 1.29. The van der Waals surface area contributed by atoms with Gasteiger partial charge in [0.2, 0.25) is 0 Å². The molecule has 0 saturated heterocycles. The first-order chi connectivity index (χ1) is 12.8. The minimum Gasteiger partial charge on any atom is -0.459 e. The van der Waals surface area contributed by atoms with E-state index in [-0.39, 0.29) is 17.5 Å². The molecule has 0 radical (unpaired) electrons. The van der Waals surface area contributed by atoms with E-state index in [1.54, 1.807) is 13.8 Å². The Kier molecular flexibility index (Phi) is 5.59. The van der Waals surface area contributed by atoms with E-state index in [1.807, 2.05) is 0 Å². The summed E-state index contributed by atoms with van der Waals surface area (Å²) in [4.78, 5) is 26.2. The Morgan fingerprint density at radius 1 is 1.30 bits per heavy atom. The van der Waals surface area contributed by atoms with Crippen LogP contribution in [0.1, 0.15) is 70.2 Å². The third-order valence-electron chi connectivity index (χ3n) is 4.29. The van der Waals surface area contributed by atoms with E-state index in [4.69, 9.17) is 4.74 Å². The molecule has 2 aromatic rings. The molecule has 146 valence electrons. The lowest BCUT2D eigenvalue weighted by atomic mass is 9.95. The number of halogens is 2. The molecule has 1 amide bonds. The van der Waals surface area contributed by atoms with Gasteiger partial charge in [-0.2, -0.15) is 13.9 Å². The second kappa shape index (κ2) is 7.75. The van der Waals surface area contributed by atoms with Gasteiger partial charge >= 0.3 is 12.5 Å². The minimum absolute atomic E-state index is 0.123. The molecular formula is C18H21F2N3O3S. The fraction of sp³-hybridized carbons (Fsp3) is 0.500. The smallest absolute Gasteiger partial charge is 0.341 e. The van der Waals surface area contributed by atoms with Gasteiger partial charge in [0.25, 0.3) is 5.91 Å². The summed E-state index contributed by atoms with van der Waals surface area (Å²) in [6.07, 6.45) is 3.30. The van der Waals surface area contributed by atoms with Crippen LogP contribution < -0.4 is 5.32 Å². The van der Waals surface area contributed by atoms with Gasteiger partial charge in [0.1, 0.15) is 5.00 Å². The van der Waals surface area contributed by atoms with Crippen molar-refractivity contribution in [1.29, 1.82) is 0 Å². The molecule has 1 N–H and O–H groups in total. The summed E-state index contributed by atoms with van der Waals surface area (Å²) in [7, 11) is 0. The molecule has 3 rings (SSSR count). The number of carbonyl (C=O) groups is 2. The molecule has 6 nitrogen and oxygen atoms in total. The summed E-state index contributed by atoms with van der Waals surface area (Å²) in [5.74, 6) is -1.11. The van der Waals surface area contributed by atoms with E-state index in [9.17, 15) is 18.4 Å². The molecule has 1 aliphatic rings. The number of aryl methyl sites for hydroxylation is 2. The van der Waals surface area contributed by atoms with Gasteiger partial charge in [-0.3, -0.25) is 4.79 Å². The van der Waals surface area contributed by atoms with Gasteiger partial charge in [0, 0.05) is 10.6 Å². The summed E-state index contributed by atoms with van der Waals surface area (Å²) in [6.45, 7) is 2.14. The van der Waals surface area contributed by atoms with E-state index in [1.165, 1.54) is 24.3 Å². The third-order valence-corrected chi connectivity index (χ3v) is 5.49. The number of aromatic nitrogens is 2. The number of esters is 1. The topological polar surface area (TPSA) is 73.2 Å². The lowest BCUT2D eigenvalue weighted by molar-refractivity contribution is 0.0378. The first kappa shape index (κ1) is 19.5. The summed E-state index contributed by atoms with van der Waals surface area (Å²) in [5.41, 5.74) is 1.35. The number of nitrogens with one attached hydrogen (secondary N) is 1. The molecule has 0 aliphatic heterocycles. The van der Waals surface area contributed by atoms with Crippen LogP contribution in [0, 0.1) is 6.92 Å². The van der Waals surface area contributed by atoms with Crippen molar-refractivity contribution in [2.75, 3.05) is 5.32 Å². The molecule has 0 aromatic carbocycles. The fourth-order valence-corrected chi connectivity index (χ4v) is 4.38. The summed E-state index contributed by atoms with van der Waals surface area (Å²) in [5, 5.41) is 6.72. The number of thiophene rings is 1. The predicted octanol–water partition coefficient (Wildman–Crippen LogP) is 4.34. The van der Waals surface area contributed by atoms with Gasteiger partial charge in [-0.15, -0.1) is 11.3 Å². The lowest BCUT2D eigenvalue weighted by Gasteiger charge is -2.14. The van der Waals surface area contributed by atoms with Crippen molar-refractivity contribution in [2.45, 2.75) is 59.1 Å². The minimum atomic E-state index is -2.82. The molecule has 0 bridgehead atoms. The van der Waals surface area contributed by atoms with Gasteiger partial charge in [0.05, 0.1) is 11.7 Å². The number of alkyl halides is 2. The highest BCUT2D eigenvalue weighted by atomic mass is 32.1. The standard InChI is InChI=1S/C18H21F2N3O3S/c1-9(2)26-17(25)14-11-6-4-5-7-13(11)27-16(14)21-15(24)12-8-10(3)23(22-12)18(19)20/h8-9,18H,4-7H2,1-3H3,(H,21,24). The van der Waals surface area contributed by atoms with Crippen molar-refractivity contribution in [3.8, 4) is 0 Å². The average molecular weight is 397 g/mol. The van der Waals surface area contributed by atoms with E-state index in [0.717, 1.165) is 36.1 Å². The third kappa shape index (κ3) is 4.02. The molecule has 0 spiro atoms. The Balaban J connectivity index is 1.92. The Labute approximate surface area is 159 Å². The first-order valence-corrected chi connectivity index (χ1v) is 9.60. The lowest BCUT2D eigenvalue weighted by Crippen LogP contribution is -2.18. The number of hydrogen-bond donors (Lipinski definition) is 1. The van der Waals surface area contributed by atoms with Gasteiger partial charge in [0.15, 0.2) is 5.69 Å². The maximum Gasteiger partial charge on any atom is 0.341 e. The molecule has 27 heavy (non-hydrogen) atoms. The molecule has 2 aromatic heterocycles. The van der Waals surface area contributed by atoms with Crippen molar-refractivity contribution >= 4 is 28.2 Å². The highest BCUT2D eigenvalue weighted by molar-refractivity contribution is 7.17. The molecule has 0 unspecified atom stereocenters. The number of amides is 1. The average Bonchev–Trinajstić information content (AvgIpc) is 3.14. The Morgan fingerprint density at radius 2 is 2.00 bits per heavy atom. The van der Waals surface area contributed by atoms with Gasteiger partial charge in [-0.1, -0.05) is 0 Å². The SMILES string of the molecule is Cc1cc(C(=O)Nc2sc3c(c2C(=O)OC(C)C)CCCC3)nn1C(F)F. The number of anilines is 1. The highest BCUT2D eigenvalue weighted by Gasteiger charge is 2.28. The molecule has 2 heterocycles. The normalized spacial score (nSPS) is 13.7. The van der Waals surface area contributed by atoms with Crippen molar-refractivity contribution in [2.24, 2.45) is 0 Å². The van der Waals surface area contributed by atoms with Crippen LogP contribution in [0.4, 0.5) is 13.8 Å². The monoisotopic (exact) mass is 397 g/mol. The molecule has 1 aliphatic carbocycles.